The molecule has 2 aromatic carbocycles. The van der Waals surface area contributed by atoms with Crippen molar-refractivity contribution in [2.75, 3.05) is 6.61 Å². The van der Waals surface area contributed by atoms with Crippen LogP contribution in [-0.2, 0) is 6.61 Å². The van der Waals surface area contributed by atoms with Gasteiger partial charge in [-0.1, -0.05) is 30.3 Å². The molecule has 0 unspecified atom stereocenters. The summed E-state index contributed by atoms with van der Waals surface area (Å²) in [5.41, 5.74) is 1.21. The third kappa shape index (κ3) is 4.54. The van der Waals surface area contributed by atoms with Gasteiger partial charge in [0.2, 0.25) is 0 Å². The molecule has 1 amide bonds. The Balaban J connectivity index is 1.61. The molecule has 33 heavy (non-hydrogen) atoms. The first kappa shape index (κ1) is 22.3. The number of aryl methyl sites for hydroxylation is 1. The fourth-order valence-electron chi connectivity index (χ4n) is 3.55. The molecule has 2 N–H and O–H groups in total. The smallest absolute Gasteiger partial charge is 0.270 e. The topological polar surface area (TPSA) is 75.9 Å². The SMILES string of the molecule is Cc1nc2c(OCc3c(F)cc(F)cc3F)cccn2c1C(=O)N[C@@H](CO)c1ccccc1. The molecular formula is C24H20F3N3O3. The Morgan fingerprint density at radius 1 is 1.12 bits per heavy atom. The van der Waals surface area contributed by atoms with Gasteiger partial charge in [-0.25, -0.2) is 18.2 Å². The highest BCUT2D eigenvalue weighted by atomic mass is 19.1. The molecule has 4 rings (SSSR count). The van der Waals surface area contributed by atoms with E-state index < -0.39 is 41.6 Å². The zero-order valence-electron chi connectivity index (χ0n) is 17.6. The fraction of sp³-hybridized carbons (Fsp3) is 0.167. The van der Waals surface area contributed by atoms with Crippen molar-refractivity contribution in [1.29, 1.82) is 0 Å². The van der Waals surface area contributed by atoms with Crippen LogP contribution in [0.15, 0.2) is 60.8 Å². The third-order valence-corrected chi connectivity index (χ3v) is 5.17. The van der Waals surface area contributed by atoms with E-state index in [0.717, 1.165) is 5.56 Å². The number of rotatable bonds is 7. The Hall–Kier alpha value is -3.85. The van der Waals surface area contributed by atoms with E-state index >= 15 is 0 Å². The van der Waals surface area contributed by atoms with Gasteiger partial charge in [0.1, 0.15) is 29.8 Å². The first-order chi connectivity index (χ1) is 15.9. The average Bonchev–Trinajstić information content (AvgIpc) is 3.13. The zero-order chi connectivity index (χ0) is 23.5. The summed E-state index contributed by atoms with van der Waals surface area (Å²) in [4.78, 5) is 17.4. The summed E-state index contributed by atoms with van der Waals surface area (Å²) < 4.78 is 48.1. The molecule has 0 saturated heterocycles. The number of nitrogens with one attached hydrogen (secondary N) is 1. The lowest BCUT2D eigenvalue weighted by molar-refractivity contribution is 0.0909. The van der Waals surface area contributed by atoms with Crippen molar-refractivity contribution in [3.05, 3.63) is 101 Å². The highest BCUT2D eigenvalue weighted by Gasteiger charge is 2.22. The number of pyridine rings is 1. The second kappa shape index (κ2) is 9.33. The number of aromatic nitrogens is 2. The first-order valence-corrected chi connectivity index (χ1v) is 10.1. The number of amides is 1. The number of halogens is 3. The maximum absolute atomic E-state index is 13.9. The summed E-state index contributed by atoms with van der Waals surface area (Å²) in [7, 11) is 0. The Morgan fingerprint density at radius 2 is 1.82 bits per heavy atom. The maximum Gasteiger partial charge on any atom is 0.270 e. The number of hydrogen-bond acceptors (Lipinski definition) is 4. The van der Waals surface area contributed by atoms with E-state index in [-0.39, 0.29) is 23.7 Å². The molecule has 0 fully saturated rings. The number of carbonyl (C=O) groups excluding carboxylic acids is 1. The van der Waals surface area contributed by atoms with E-state index in [1.54, 1.807) is 49.5 Å². The van der Waals surface area contributed by atoms with Crippen molar-refractivity contribution in [1.82, 2.24) is 14.7 Å². The van der Waals surface area contributed by atoms with Gasteiger partial charge in [-0.05, 0) is 24.6 Å². The van der Waals surface area contributed by atoms with Crippen molar-refractivity contribution in [2.24, 2.45) is 0 Å². The molecule has 0 bridgehead atoms. The van der Waals surface area contributed by atoms with Gasteiger partial charge in [0, 0.05) is 18.3 Å². The second-order valence-corrected chi connectivity index (χ2v) is 7.37. The molecular weight excluding hydrogens is 435 g/mol. The number of ether oxygens (including phenoxy) is 1. The van der Waals surface area contributed by atoms with Gasteiger partial charge in [0.25, 0.3) is 5.91 Å². The van der Waals surface area contributed by atoms with Crippen LogP contribution in [0.25, 0.3) is 5.65 Å². The Morgan fingerprint density at radius 3 is 2.48 bits per heavy atom. The maximum atomic E-state index is 13.9. The van der Waals surface area contributed by atoms with Crippen molar-refractivity contribution in [3.63, 3.8) is 0 Å². The number of hydrogen-bond donors (Lipinski definition) is 2. The van der Waals surface area contributed by atoms with E-state index in [2.05, 4.69) is 10.3 Å². The molecule has 0 aliphatic heterocycles. The molecule has 0 aliphatic carbocycles. The lowest BCUT2D eigenvalue weighted by atomic mass is 10.1. The molecule has 0 radical (unpaired) electrons. The highest BCUT2D eigenvalue weighted by molar-refractivity contribution is 5.95. The van der Waals surface area contributed by atoms with Crippen LogP contribution in [-0.4, -0.2) is 27.0 Å². The summed E-state index contributed by atoms with van der Waals surface area (Å²) in [6.07, 6.45) is 1.60. The number of benzene rings is 2. The quantitative estimate of drug-likeness (QED) is 0.440. The summed E-state index contributed by atoms with van der Waals surface area (Å²) in [5, 5.41) is 12.5. The second-order valence-electron chi connectivity index (χ2n) is 7.37. The number of fused-ring (bicyclic) bond motifs is 1. The largest absolute Gasteiger partial charge is 0.485 e. The standard InChI is InChI=1S/C24H20F3N3O3/c1-14-22(24(32)29-20(12-31)15-6-3-2-4-7-15)30-9-5-8-21(23(30)28-14)33-13-17-18(26)10-16(25)11-19(17)27/h2-11,20,31H,12-13H2,1H3,(H,29,32)/t20-/m0/s1. The van der Waals surface area contributed by atoms with E-state index in [0.29, 0.717) is 17.8 Å². The molecule has 0 aliphatic rings. The Kier molecular flexibility index (Phi) is 6.32. The number of aliphatic hydroxyl groups excluding tert-OH is 1. The summed E-state index contributed by atoms with van der Waals surface area (Å²) >= 11 is 0. The minimum Gasteiger partial charge on any atom is -0.485 e. The molecule has 2 aromatic heterocycles. The normalized spacial score (nSPS) is 12.0. The number of aliphatic hydroxyl groups is 1. The van der Waals surface area contributed by atoms with Crippen molar-refractivity contribution < 1.29 is 27.8 Å². The van der Waals surface area contributed by atoms with Crippen molar-refractivity contribution in [2.45, 2.75) is 19.6 Å². The predicted molar refractivity (Wildman–Crippen MR) is 114 cm³/mol. The number of imidazole rings is 1. The van der Waals surface area contributed by atoms with Gasteiger partial charge in [0.15, 0.2) is 11.4 Å². The van der Waals surface area contributed by atoms with E-state index in [4.69, 9.17) is 4.74 Å². The van der Waals surface area contributed by atoms with Gasteiger partial charge in [-0.3, -0.25) is 9.20 Å². The van der Waals surface area contributed by atoms with Crippen LogP contribution in [0.4, 0.5) is 13.2 Å². The van der Waals surface area contributed by atoms with Crippen molar-refractivity contribution >= 4 is 11.6 Å². The van der Waals surface area contributed by atoms with E-state index in [1.165, 1.54) is 4.40 Å². The lowest BCUT2D eigenvalue weighted by Gasteiger charge is -2.17. The molecule has 9 heteroatoms. The lowest BCUT2D eigenvalue weighted by Crippen LogP contribution is -2.32. The van der Waals surface area contributed by atoms with Gasteiger partial charge >= 0.3 is 0 Å². The number of carbonyl (C=O) groups is 1. The van der Waals surface area contributed by atoms with Crippen LogP contribution in [0.2, 0.25) is 0 Å². The minimum absolute atomic E-state index is 0.185. The highest BCUT2D eigenvalue weighted by Crippen LogP contribution is 2.25. The monoisotopic (exact) mass is 455 g/mol. The summed E-state index contributed by atoms with van der Waals surface area (Å²) in [6.45, 7) is 0.849. The minimum atomic E-state index is -1.06. The van der Waals surface area contributed by atoms with Crippen LogP contribution >= 0.6 is 0 Å². The van der Waals surface area contributed by atoms with Gasteiger partial charge in [0.05, 0.1) is 23.9 Å². The molecule has 0 spiro atoms. The number of nitrogens with zero attached hydrogens (tertiary/aromatic N) is 2. The zero-order valence-corrected chi connectivity index (χ0v) is 17.6. The molecule has 1 atom stereocenters. The van der Waals surface area contributed by atoms with Crippen LogP contribution in [0, 0.1) is 24.4 Å². The summed E-state index contributed by atoms with van der Waals surface area (Å²) in [5.74, 6) is -3.42. The van der Waals surface area contributed by atoms with Crippen LogP contribution < -0.4 is 10.1 Å². The fourth-order valence-corrected chi connectivity index (χ4v) is 3.55. The molecule has 170 valence electrons. The van der Waals surface area contributed by atoms with Gasteiger partial charge in [-0.15, -0.1) is 0 Å². The summed E-state index contributed by atoms with van der Waals surface area (Å²) in [6, 6.07) is 12.7. The molecule has 2 heterocycles. The molecule has 6 nitrogen and oxygen atoms in total. The van der Waals surface area contributed by atoms with Gasteiger partial charge < -0.3 is 15.2 Å². The van der Waals surface area contributed by atoms with Gasteiger partial charge in [-0.2, -0.15) is 0 Å². The van der Waals surface area contributed by atoms with Crippen LogP contribution in [0.1, 0.15) is 33.4 Å². The van der Waals surface area contributed by atoms with Crippen molar-refractivity contribution in [3.8, 4) is 5.75 Å². The van der Waals surface area contributed by atoms with E-state index in [1.807, 2.05) is 6.07 Å². The first-order valence-electron chi connectivity index (χ1n) is 10.1. The molecule has 4 aromatic rings. The average molecular weight is 455 g/mol. The third-order valence-electron chi connectivity index (χ3n) is 5.17. The van der Waals surface area contributed by atoms with Crippen LogP contribution in [0.3, 0.4) is 0 Å². The molecule has 0 saturated carbocycles. The predicted octanol–water partition coefficient (Wildman–Crippen LogP) is 4.10. The Bertz CT molecular complexity index is 1290. The van der Waals surface area contributed by atoms with E-state index in [9.17, 15) is 23.1 Å². The Labute approximate surface area is 187 Å². The van der Waals surface area contributed by atoms with Crippen LogP contribution in [0.5, 0.6) is 5.75 Å².